The number of ether oxygens (including phenoxy) is 1. The van der Waals surface area contributed by atoms with Crippen LogP contribution in [0.25, 0.3) is 0 Å². The van der Waals surface area contributed by atoms with Crippen LogP contribution >= 0.6 is 0 Å². The number of rotatable bonds is 4. The number of hydrogen-bond donors (Lipinski definition) is 1. The summed E-state index contributed by atoms with van der Waals surface area (Å²) < 4.78 is 5.83. The number of nitrogens with one attached hydrogen (secondary N) is 1. The van der Waals surface area contributed by atoms with Crippen LogP contribution in [0.3, 0.4) is 0 Å². The lowest BCUT2D eigenvalue weighted by Crippen LogP contribution is -2.52. The predicted octanol–water partition coefficient (Wildman–Crippen LogP) is 2.20. The molecule has 1 aliphatic heterocycles. The Bertz CT molecular complexity index is 514. The van der Waals surface area contributed by atoms with Gasteiger partial charge < -0.3 is 15.0 Å². The summed E-state index contributed by atoms with van der Waals surface area (Å²) in [6, 6.07) is 4.46. The zero-order chi connectivity index (χ0) is 15.4. The minimum absolute atomic E-state index is 0.186. The van der Waals surface area contributed by atoms with E-state index in [2.05, 4.69) is 39.1 Å². The lowest BCUT2D eigenvalue weighted by molar-refractivity contribution is -0.134. The molecule has 21 heavy (non-hydrogen) atoms. The van der Waals surface area contributed by atoms with E-state index in [9.17, 15) is 4.79 Å². The summed E-state index contributed by atoms with van der Waals surface area (Å²) in [6.45, 7) is 11.3. The first kappa shape index (κ1) is 15.8. The molecule has 0 aromatic heterocycles. The van der Waals surface area contributed by atoms with Gasteiger partial charge in [-0.1, -0.05) is 6.07 Å². The highest BCUT2D eigenvalue weighted by atomic mass is 16.5. The number of carbonyl (C=O) groups is 1. The third-order valence-corrected chi connectivity index (χ3v) is 4.16. The van der Waals surface area contributed by atoms with Gasteiger partial charge in [0.25, 0.3) is 0 Å². The molecule has 4 nitrogen and oxygen atoms in total. The molecule has 0 radical (unpaired) electrons. The van der Waals surface area contributed by atoms with Gasteiger partial charge in [0.05, 0.1) is 13.0 Å². The van der Waals surface area contributed by atoms with Gasteiger partial charge in [0.1, 0.15) is 5.75 Å². The SMILES string of the molecule is Cc1cc(C)c(C)c(OCCC(=O)N2CCNCC2C)c1. The first-order valence-electron chi connectivity index (χ1n) is 7.70. The summed E-state index contributed by atoms with van der Waals surface area (Å²) in [6.07, 6.45) is 0.441. The van der Waals surface area contributed by atoms with Crippen LogP contribution in [0, 0.1) is 20.8 Å². The molecular weight excluding hydrogens is 264 g/mol. The molecule has 1 aliphatic rings. The van der Waals surface area contributed by atoms with Gasteiger partial charge in [-0.3, -0.25) is 4.79 Å². The van der Waals surface area contributed by atoms with Crippen molar-refractivity contribution in [2.45, 2.75) is 40.2 Å². The Hall–Kier alpha value is -1.55. The zero-order valence-corrected chi connectivity index (χ0v) is 13.5. The molecule has 1 amide bonds. The Morgan fingerprint density at radius 3 is 2.86 bits per heavy atom. The van der Waals surface area contributed by atoms with E-state index in [1.807, 2.05) is 11.0 Å². The second-order valence-electron chi connectivity index (χ2n) is 5.94. The third kappa shape index (κ3) is 3.97. The van der Waals surface area contributed by atoms with Gasteiger partial charge in [0.2, 0.25) is 5.91 Å². The summed E-state index contributed by atoms with van der Waals surface area (Å²) >= 11 is 0. The van der Waals surface area contributed by atoms with E-state index in [0.29, 0.717) is 13.0 Å². The van der Waals surface area contributed by atoms with Crippen molar-refractivity contribution in [3.05, 3.63) is 28.8 Å². The first-order chi connectivity index (χ1) is 9.99. The average molecular weight is 290 g/mol. The van der Waals surface area contributed by atoms with Crippen molar-refractivity contribution in [2.24, 2.45) is 0 Å². The molecule has 1 heterocycles. The van der Waals surface area contributed by atoms with Gasteiger partial charge in [-0.2, -0.15) is 0 Å². The second-order valence-corrected chi connectivity index (χ2v) is 5.94. The fourth-order valence-electron chi connectivity index (χ4n) is 2.75. The molecule has 1 atom stereocenters. The van der Waals surface area contributed by atoms with E-state index in [4.69, 9.17) is 4.74 Å². The largest absolute Gasteiger partial charge is 0.493 e. The van der Waals surface area contributed by atoms with Gasteiger partial charge in [-0.15, -0.1) is 0 Å². The molecule has 116 valence electrons. The van der Waals surface area contributed by atoms with E-state index in [1.165, 1.54) is 11.1 Å². The predicted molar refractivity (Wildman–Crippen MR) is 84.8 cm³/mol. The minimum Gasteiger partial charge on any atom is -0.493 e. The van der Waals surface area contributed by atoms with Crippen LogP contribution in [0.15, 0.2) is 12.1 Å². The van der Waals surface area contributed by atoms with Crippen LogP contribution in [-0.4, -0.2) is 43.1 Å². The summed E-state index contributed by atoms with van der Waals surface area (Å²) in [5.74, 6) is 1.08. The Kier molecular flexibility index (Phi) is 5.23. The van der Waals surface area contributed by atoms with Crippen molar-refractivity contribution in [3.63, 3.8) is 0 Å². The second kappa shape index (κ2) is 6.94. The molecule has 1 saturated heterocycles. The van der Waals surface area contributed by atoms with Crippen molar-refractivity contribution in [2.75, 3.05) is 26.2 Å². The highest BCUT2D eigenvalue weighted by molar-refractivity contribution is 5.76. The number of aryl methyl sites for hydroxylation is 2. The molecule has 0 aliphatic carbocycles. The van der Waals surface area contributed by atoms with Crippen LogP contribution in [0.4, 0.5) is 0 Å². The summed E-state index contributed by atoms with van der Waals surface area (Å²) in [5, 5.41) is 3.30. The Morgan fingerprint density at radius 2 is 2.14 bits per heavy atom. The standard InChI is InChI=1S/C17H26N2O2/c1-12-9-13(2)15(4)16(10-12)21-8-5-17(20)19-7-6-18-11-14(19)3/h9-10,14,18H,5-8,11H2,1-4H3. The maximum Gasteiger partial charge on any atom is 0.226 e. The zero-order valence-electron chi connectivity index (χ0n) is 13.5. The number of piperazine rings is 1. The molecule has 1 unspecified atom stereocenters. The number of amides is 1. The smallest absolute Gasteiger partial charge is 0.226 e. The number of benzene rings is 1. The van der Waals surface area contributed by atoms with Gasteiger partial charge in [0, 0.05) is 25.7 Å². The maximum absolute atomic E-state index is 12.2. The highest BCUT2D eigenvalue weighted by Crippen LogP contribution is 2.23. The Labute approximate surface area is 127 Å². The highest BCUT2D eigenvalue weighted by Gasteiger charge is 2.22. The summed E-state index contributed by atoms with van der Waals surface area (Å²) in [5.41, 5.74) is 3.57. The third-order valence-electron chi connectivity index (χ3n) is 4.16. The monoisotopic (exact) mass is 290 g/mol. The first-order valence-corrected chi connectivity index (χ1v) is 7.70. The van der Waals surface area contributed by atoms with E-state index in [1.54, 1.807) is 0 Å². The molecule has 1 fully saturated rings. The maximum atomic E-state index is 12.2. The molecule has 4 heteroatoms. The van der Waals surface area contributed by atoms with E-state index in [-0.39, 0.29) is 11.9 Å². The van der Waals surface area contributed by atoms with Crippen LogP contribution in [0.2, 0.25) is 0 Å². The molecule has 1 aromatic carbocycles. The van der Waals surface area contributed by atoms with Gasteiger partial charge in [-0.05, 0) is 50.5 Å². The molecule has 1 N–H and O–H groups in total. The molecule has 0 spiro atoms. The van der Waals surface area contributed by atoms with Crippen LogP contribution in [0.5, 0.6) is 5.75 Å². The van der Waals surface area contributed by atoms with Gasteiger partial charge >= 0.3 is 0 Å². The van der Waals surface area contributed by atoms with Crippen molar-refractivity contribution < 1.29 is 9.53 Å². The van der Waals surface area contributed by atoms with Crippen LogP contribution in [-0.2, 0) is 4.79 Å². The van der Waals surface area contributed by atoms with E-state index < -0.39 is 0 Å². The normalized spacial score (nSPS) is 18.7. The summed E-state index contributed by atoms with van der Waals surface area (Å²) in [7, 11) is 0. The van der Waals surface area contributed by atoms with Crippen LogP contribution < -0.4 is 10.1 Å². The number of carbonyl (C=O) groups excluding carboxylic acids is 1. The Morgan fingerprint density at radius 1 is 1.38 bits per heavy atom. The van der Waals surface area contributed by atoms with Crippen molar-refractivity contribution in [1.29, 1.82) is 0 Å². The Balaban J connectivity index is 1.88. The lowest BCUT2D eigenvalue weighted by Gasteiger charge is -2.34. The van der Waals surface area contributed by atoms with Gasteiger partial charge in [0.15, 0.2) is 0 Å². The number of nitrogens with zero attached hydrogens (tertiary/aromatic N) is 1. The average Bonchev–Trinajstić information content (AvgIpc) is 2.44. The fraction of sp³-hybridized carbons (Fsp3) is 0.588. The minimum atomic E-state index is 0.186. The summed E-state index contributed by atoms with van der Waals surface area (Å²) in [4.78, 5) is 14.2. The topological polar surface area (TPSA) is 41.6 Å². The quantitative estimate of drug-likeness (QED) is 0.924. The van der Waals surface area contributed by atoms with E-state index >= 15 is 0 Å². The molecule has 0 bridgehead atoms. The lowest BCUT2D eigenvalue weighted by atomic mass is 10.1. The van der Waals surface area contributed by atoms with Crippen molar-refractivity contribution in [3.8, 4) is 5.75 Å². The molecule has 1 aromatic rings. The van der Waals surface area contributed by atoms with Crippen LogP contribution in [0.1, 0.15) is 30.0 Å². The van der Waals surface area contributed by atoms with E-state index in [0.717, 1.165) is 30.9 Å². The number of hydrogen-bond acceptors (Lipinski definition) is 3. The molecular formula is C17H26N2O2. The molecule has 0 saturated carbocycles. The van der Waals surface area contributed by atoms with Crippen molar-refractivity contribution >= 4 is 5.91 Å². The molecule has 2 rings (SSSR count). The van der Waals surface area contributed by atoms with Gasteiger partial charge in [-0.25, -0.2) is 0 Å². The van der Waals surface area contributed by atoms with Crippen molar-refractivity contribution in [1.82, 2.24) is 10.2 Å². The fourth-order valence-corrected chi connectivity index (χ4v) is 2.75.